The fourth-order valence-electron chi connectivity index (χ4n) is 2.38. The third kappa shape index (κ3) is 1.89. The van der Waals surface area contributed by atoms with Gasteiger partial charge in [0.2, 0.25) is 5.82 Å². The van der Waals surface area contributed by atoms with E-state index in [9.17, 15) is 0 Å². The molecule has 0 amide bonds. The molecule has 4 nitrogen and oxygen atoms in total. The molecule has 0 spiro atoms. The molecular weight excluding hydrogens is 226 g/mol. The van der Waals surface area contributed by atoms with E-state index in [0.717, 1.165) is 13.0 Å². The van der Waals surface area contributed by atoms with E-state index >= 15 is 0 Å². The second-order valence-electron chi connectivity index (χ2n) is 4.32. The smallest absolute Gasteiger partial charge is 0.212 e. The molecule has 0 aliphatic carbocycles. The first-order chi connectivity index (χ1) is 8.88. The lowest BCUT2D eigenvalue weighted by Gasteiger charge is -2.26. The molecule has 1 aliphatic heterocycles. The summed E-state index contributed by atoms with van der Waals surface area (Å²) in [5.41, 5.74) is 2.56. The largest absolute Gasteiger partial charge is 0.371 e. The van der Waals surface area contributed by atoms with Crippen LogP contribution >= 0.6 is 0 Å². The molecule has 0 radical (unpaired) electrons. The van der Waals surface area contributed by atoms with Crippen molar-refractivity contribution in [2.24, 2.45) is 0 Å². The quantitative estimate of drug-likeness (QED) is 0.806. The normalized spacial score (nSPS) is 18.1. The van der Waals surface area contributed by atoms with Crippen LogP contribution in [0.15, 0.2) is 36.7 Å². The van der Waals surface area contributed by atoms with Gasteiger partial charge in [0.1, 0.15) is 12.2 Å². The van der Waals surface area contributed by atoms with Crippen molar-refractivity contribution >= 4 is 0 Å². The average Bonchev–Trinajstić information content (AvgIpc) is 2.86. The van der Waals surface area contributed by atoms with Crippen LogP contribution in [0.3, 0.4) is 0 Å². The molecule has 3 rings (SSSR count). The molecule has 0 bridgehead atoms. The Balaban J connectivity index is 1.89. The first-order valence-electron chi connectivity index (χ1n) is 5.99. The number of nitriles is 1. The number of hydrogen-bond donors (Lipinski definition) is 0. The van der Waals surface area contributed by atoms with E-state index in [4.69, 9.17) is 10.00 Å². The van der Waals surface area contributed by atoms with Crippen molar-refractivity contribution in [2.45, 2.75) is 19.1 Å². The predicted octanol–water partition coefficient (Wildman–Crippen LogP) is 2.07. The van der Waals surface area contributed by atoms with Crippen LogP contribution in [0.4, 0.5) is 0 Å². The Kier molecular flexibility index (Phi) is 2.83. The summed E-state index contributed by atoms with van der Waals surface area (Å²) in [7, 11) is 0. The summed E-state index contributed by atoms with van der Waals surface area (Å²) < 4.78 is 7.66. The number of imidazole rings is 1. The molecule has 18 heavy (non-hydrogen) atoms. The molecule has 2 heterocycles. The molecule has 2 aromatic rings. The third-order valence-corrected chi connectivity index (χ3v) is 3.27. The minimum atomic E-state index is 0.0104. The standard InChI is InChI=1S/C14H13N3O/c15-9-14-16-6-7-17(14)10-13-12-4-2-1-3-11(12)5-8-18-13/h1-4,6-7,13H,5,8,10H2. The maximum atomic E-state index is 8.96. The number of benzene rings is 1. The highest BCUT2D eigenvalue weighted by Gasteiger charge is 2.21. The molecule has 0 saturated heterocycles. The second kappa shape index (κ2) is 4.63. The fraction of sp³-hybridized carbons (Fsp3) is 0.286. The Morgan fingerprint density at radius 3 is 3.22 bits per heavy atom. The molecule has 4 heteroatoms. The summed E-state index contributed by atoms with van der Waals surface area (Å²) in [5.74, 6) is 0.432. The lowest BCUT2D eigenvalue weighted by Crippen LogP contribution is -2.20. The maximum absolute atomic E-state index is 8.96. The summed E-state index contributed by atoms with van der Waals surface area (Å²) >= 11 is 0. The van der Waals surface area contributed by atoms with Gasteiger partial charge in [0.05, 0.1) is 13.2 Å². The van der Waals surface area contributed by atoms with Crippen molar-refractivity contribution in [3.8, 4) is 6.07 Å². The Hall–Kier alpha value is -2.12. The van der Waals surface area contributed by atoms with E-state index in [2.05, 4.69) is 29.3 Å². The van der Waals surface area contributed by atoms with Gasteiger partial charge in [-0.1, -0.05) is 24.3 Å². The maximum Gasteiger partial charge on any atom is 0.212 e. The van der Waals surface area contributed by atoms with Crippen molar-refractivity contribution in [2.75, 3.05) is 6.61 Å². The molecule has 1 aliphatic rings. The molecule has 1 aromatic carbocycles. The molecule has 0 N–H and O–H groups in total. The van der Waals surface area contributed by atoms with Gasteiger partial charge in [-0.2, -0.15) is 5.26 Å². The SMILES string of the molecule is N#Cc1nccn1CC1OCCc2ccccc21. The number of aromatic nitrogens is 2. The zero-order chi connectivity index (χ0) is 12.4. The number of hydrogen-bond acceptors (Lipinski definition) is 3. The van der Waals surface area contributed by atoms with Gasteiger partial charge < -0.3 is 9.30 Å². The van der Waals surface area contributed by atoms with Crippen molar-refractivity contribution in [1.82, 2.24) is 9.55 Å². The molecule has 90 valence electrons. The van der Waals surface area contributed by atoms with Gasteiger partial charge in [-0.15, -0.1) is 0 Å². The zero-order valence-electron chi connectivity index (χ0n) is 9.91. The molecule has 1 unspecified atom stereocenters. The van der Waals surface area contributed by atoms with Gasteiger partial charge in [-0.05, 0) is 17.5 Å². The molecule has 0 saturated carbocycles. The number of ether oxygens (including phenoxy) is 1. The highest BCUT2D eigenvalue weighted by molar-refractivity contribution is 5.31. The molecular formula is C14H13N3O. The minimum absolute atomic E-state index is 0.0104. The Bertz CT molecular complexity index is 597. The van der Waals surface area contributed by atoms with Gasteiger partial charge >= 0.3 is 0 Å². The highest BCUT2D eigenvalue weighted by Crippen LogP contribution is 2.28. The van der Waals surface area contributed by atoms with E-state index in [1.165, 1.54) is 11.1 Å². The highest BCUT2D eigenvalue weighted by atomic mass is 16.5. The van der Waals surface area contributed by atoms with Crippen LogP contribution in [-0.4, -0.2) is 16.2 Å². The van der Waals surface area contributed by atoms with Crippen LogP contribution in [0.25, 0.3) is 0 Å². The van der Waals surface area contributed by atoms with E-state index in [0.29, 0.717) is 12.4 Å². The van der Waals surface area contributed by atoms with Gasteiger partial charge in [0, 0.05) is 12.4 Å². The van der Waals surface area contributed by atoms with Crippen molar-refractivity contribution in [3.63, 3.8) is 0 Å². The number of fused-ring (bicyclic) bond motifs is 1. The van der Waals surface area contributed by atoms with Crippen molar-refractivity contribution in [1.29, 1.82) is 5.26 Å². The third-order valence-electron chi connectivity index (χ3n) is 3.27. The lowest BCUT2D eigenvalue weighted by molar-refractivity contribution is 0.0304. The Morgan fingerprint density at radius 2 is 2.33 bits per heavy atom. The molecule has 0 fully saturated rings. The first kappa shape index (κ1) is 11.0. The van der Waals surface area contributed by atoms with Crippen molar-refractivity contribution in [3.05, 3.63) is 53.6 Å². The zero-order valence-corrected chi connectivity index (χ0v) is 9.91. The van der Waals surface area contributed by atoms with Gasteiger partial charge in [0.25, 0.3) is 0 Å². The second-order valence-corrected chi connectivity index (χ2v) is 4.32. The van der Waals surface area contributed by atoms with Crippen LogP contribution in [0, 0.1) is 11.3 Å². The van der Waals surface area contributed by atoms with Gasteiger partial charge in [-0.3, -0.25) is 0 Å². The Labute approximate surface area is 105 Å². The summed E-state index contributed by atoms with van der Waals surface area (Å²) in [4.78, 5) is 4.00. The summed E-state index contributed by atoms with van der Waals surface area (Å²) in [6.45, 7) is 1.37. The van der Waals surface area contributed by atoms with Crippen LogP contribution in [-0.2, 0) is 17.7 Å². The van der Waals surface area contributed by atoms with E-state index in [1.807, 2.05) is 16.8 Å². The van der Waals surface area contributed by atoms with Crippen LogP contribution < -0.4 is 0 Å². The van der Waals surface area contributed by atoms with E-state index in [-0.39, 0.29) is 6.10 Å². The molecule has 1 atom stereocenters. The summed E-state index contributed by atoms with van der Waals surface area (Å²) in [5, 5.41) is 8.96. The van der Waals surface area contributed by atoms with Crippen LogP contribution in [0.1, 0.15) is 23.1 Å². The minimum Gasteiger partial charge on any atom is -0.371 e. The van der Waals surface area contributed by atoms with Gasteiger partial charge in [-0.25, -0.2) is 4.98 Å². The number of rotatable bonds is 2. The summed E-state index contributed by atoms with van der Waals surface area (Å²) in [6.07, 6.45) is 4.44. The van der Waals surface area contributed by atoms with Crippen molar-refractivity contribution < 1.29 is 4.74 Å². The topological polar surface area (TPSA) is 50.8 Å². The fourth-order valence-corrected chi connectivity index (χ4v) is 2.38. The Morgan fingerprint density at radius 1 is 1.44 bits per heavy atom. The average molecular weight is 239 g/mol. The monoisotopic (exact) mass is 239 g/mol. The lowest BCUT2D eigenvalue weighted by atomic mass is 9.97. The van der Waals surface area contributed by atoms with E-state index in [1.54, 1.807) is 6.20 Å². The van der Waals surface area contributed by atoms with E-state index < -0.39 is 0 Å². The molecule has 1 aromatic heterocycles. The predicted molar refractivity (Wildman–Crippen MR) is 65.8 cm³/mol. The van der Waals surface area contributed by atoms with Crippen LogP contribution in [0.5, 0.6) is 0 Å². The number of nitrogens with zero attached hydrogens (tertiary/aromatic N) is 3. The van der Waals surface area contributed by atoms with Crippen LogP contribution in [0.2, 0.25) is 0 Å². The van der Waals surface area contributed by atoms with Gasteiger partial charge in [0.15, 0.2) is 0 Å². The summed E-state index contributed by atoms with van der Waals surface area (Å²) in [6, 6.07) is 10.4. The first-order valence-corrected chi connectivity index (χ1v) is 5.99.